The maximum absolute atomic E-state index is 3.97. The number of hydrogen-bond donors (Lipinski definition) is 0. The van der Waals surface area contributed by atoms with E-state index < -0.39 is 0 Å². The molecule has 0 aliphatic heterocycles. The first kappa shape index (κ1) is 32.8. The van der Waals surface area contributed by atoms with E-state index in [1.165, 1.54) is 22.3 Å². The molecule has 46 heavy (non-hydrogen) atoms. The van der Waals surface area contributed by atoms with Crippen LogP contribution in [-0.2, 0) is 26.2 Å². The Labute approximate surface area is 305 Å². The topological polar surface area (TPSA) is 6.48 Å². The third-order valence-electron chi connectivity index (χ3n) is 7.90. The third-order valence-corrected chi connectivity index (χ3v) is 10.4. The molecule has 230 valence electrons. The zero-order valence-electron chi connectivity index (χ0n) is 25.1. The number of anilines is 2. The molecule has 6 aromatic rings. The van der Waals surface area contributed by atoms with Crippen LogP contribution < -0.4 is 9.80 Å². The Kier molecular flexibility index (Phi) is 11.1. The van der Waals surface area contributed by atoms with Crippen LogP contribution in [0.4, 0.5) is 11.4 Å². The van der Waals surface area contributed by atoms with Crippen LogP contribution in [0.3, 0.4) is 0 Å². The van der Waals surface area contributed by atoms with E-state index >= 15 is 0 Å². The Bertz CT molecular complexity index is 1610. The summed E-state index contributed by atoms with van der Waals surface area (Å²) in [6.07, 6.45) is 0. The fraction of sp³-hybridized carbons (Fsp3) is 0.100. The van der Waals surface area contributed by atoms with Crippen molar-refractivity contribution < 1.29 is 0 Å². The molecule has 0 unspecified atom stereocenters. The summed E-state index contributed by atoms with van der Waals surface area (Å²) >= 11 is 15.9. The Hall–Kier alpha value is -3.16. The molecule has 0 bridgehead atoms. The Morgan fingerprint density at radius 2 is 0.543 bits per heavy atom. The van der Waals surface area contributed by atoms with Crippen LogP contribution in [0.1, 0.15) is 22.3 Å². The van der Waals surface area contributed by atoms with Crippen molar-refractivity contribution in [3.63, 3.8) is 0 Å². The maximum Gasteiger partial charge on any atom is 0.0433 e. The van der Waals surface area contributed by atoms with Crippen molar-refractivity contribution in [3.05, 3.63) is 186 Å². The minimum absolute atomic E-state index is 0.800. The minimum atomic E-state index is 0.800. The van der Waals surface area contributed by atoms with Crippen LogP contribution in [0.2, 0.25) is 0 Å². The van der Waals surface area contributed by atoms with Crippen LogP contribution in [-0.4, -0.2) is 0 Å². The number of nitrogens with zero attached hydrogens (tertiary/aromatic N) is 2. The summed E-state index contributed by atoms with van der Waals surface area (Å²) in [6.45, 7) is 3.20. The lowest BCUT2D eigenvalue weighted by Crippen LogP contribution is -2.22. The fourth-order valence-electron chi connectivity index (χ4n) is 5.65. The van der Waals surface area contributed by atoms with E-state index in [9.17, 15) is 0 Å². The maximum atomic E-state index is 3.97. The fourth-order valence-corrected chi connectivity index (χ4v) is 8.77. The van der Waals surface area contributed by atoms with E-state index in [0.717, 1.165) is 66.6 Å². The predicted octanol–water partition coefficient (Wildman–Crippen LogP) is 12.8. The average Bonchev–Trinajstić information content (AvgIpc) is 3.07. The first-order valence-corrected chi connectivity index (χ1v) is 18.3. The standard InChI is InChI=1S/C40H32Br4N2/c41-35-21-33(45(25-29-13-5-1-6-14-29)26-30-15-7-2-8-16-30)22-36(42)39(35)40-37(43)23-34(24-38(40)44)46(27-31-17-9-3-10-18-31)28-32-19-11-4-12-20-32/h1-24H,25-28H2. The molecule has 0 saturated carbocycles. The third kappa shape index (κ3) is 8.21. The van der Waals surface area contributed by atoms with E-state index in [1.807, 2.05) is 0 Å². The van der Waals surface area contributed by atoms with Gasteiger partial charge in [0.05, 0.1) is 0 Å². The minimum Gasteiger partial charge on any atom is -0.363 e. The molecule has 2 nitrogen and oxygen atoms in total. The van der Waals surface area contributed by atoms with Crippen LogP contribution in [0.25, 0.3) is 11.1 Å². The van der Waals surface area contributed by atoms with Crippen molar-refractivity contribution in [2.75, 3.05) is 9.80 Å². The van der Waals surface area contributed by atoms with Gasteiger partial charge in [0.25, 0.3) is 0 Å². The highest BCUT2D eigenvalue weighted by atomic mass is 79.9. The van der Waals surface area contributed by atoms with Crippen molar-refractivity contribution in [1.29, 1.82) is 0 Å². The number of benzene rings is 6. The molecule has 0 atom stereocenters. The molecule has 0 heterocycles. The summed E-state index contributed by atoms with van der Waals surface area (Å²) in [5.41, 5.74) is 9.53. The van der Waals surface area contributed by atoms with Gasteiger partial charge < -0.3 is 9.80 Å². The second-order valence-electron chi connectivity index (χ2n) is 11.2. The molecule has 0 spiro atoms. The van der Waals surface area contributed by atoms with E-state index in [0.29, 0.717) is 0 Å². The second-order valence-corrected chi connectivity index (χ2v) is 14.6. The molecule has 6 heteroatoms. The van der Waals surface area contributed by atoms with E-state index in [2.05, 4.69) is 219 Å². The zero-order valence-corrected chi connectivity index (χ0v) is 31.4. The van der Waals surface area contributed by atoms with Crippen LogP contribution in [0.5, 0.6) is 0 Å². The molecule has 6 rings (SSSR count). The van der Waals surface area contributed by atoms with Crippen LogP contribution in [0.15, 0.2) is 163 Å². The van der Waals surface area contributed by atoms with Gasteiger partial charge in [0, 0.05) is 66.6 Å². The molecule has 6 aromatic carbocycles. The lowest BCUT2D eigenvalue weighted by atomic mass is 10.0. The molecule has 0 fully saturated rings. The number of hydrogen-bond acceptors (Lipinski definition) is 2. The summed E-state index contributed by atoms with van der Waals surface area (Å²) in [6, 6.07) is 51.5. The van der Waals surface area contributed by atoms with Crippen molar-refractivity contribution in [3.8, 4) is 11.1 Å². The van der Waals surface area contributed by atoms with Gasteiger partial charge >= 0.3 is 0 Å². The molecule has 0 aromatic heterocycles. The van der Waals surface area contributed by atoms with Crippen molar-refractivity contribution in [2.24, 2.45) is 0 Å². The SMILES string of the molecule is Brc1cc(N(Cc2ccccc2)Cc2ccccc2)cc(Br)c1-c1c(Br)cc(N(Cc2ccccc2)Cc2ccccc2)cc1Br. The second kappa shape index (κ2) is 15.6. The highest BCUT2D eigenvalue weighted by molar-refractivity contribution is 9.11. The molecule has 0 radical (unpaired) electrons. The van der Waals surface area contributed by atoms with Gasteiger partial charge in [-0.25, -0.2) is 0 Å². The van der Waals surface area contributed by atoms with Gasteiger partial charge in [-0.15, -0.1) is 0 Å². The van der Waals surface area contributed by atoms with Gasteiger partial charge in [0.1, 0.15) is 0 Å². The summed E-state index contributed by atoms with van der Waals surface area (Å²) in [4.78, 5) is 4.84. The predicted molar refractivity (Wildman–Crippen MR) is 208 cm³/mol. The van der Waals surface area contributed by atoms with Gasteiger partial charge in [-0.2, -0.15) is 0 Å². The summed E-state index contributed by atoms with van der Waals surface area (Å²) in [5.74, 6) is 0. The molecular weight excluding hydrogens is 828 g/mol. The highest BCUT2D eigenvalue weighted by Gasteiger charge is 2.21. The normalized spacial score (nSPS) is 11.0. The molecule has 0 aliphatic carbocycles. The number of halogens is 4. The number of rotatable bonds is 11. The molecule has 0 aliphatic rings. The van der Waals surface area contributed by atoms with Crippen LogP contribution >= 0.6 is 63.7 Å². The van der Waals surface area contributed by atoms with E-state index in [1.54, 1.807) is 0 Å². The highest BCUT2D eigenvalue weighted by Crippen LogP contribution is 2.46. The quantitative estimate of drug-likeness (QED) is 0.128. The molecule has 0 saturated heterocycles. The van der Waals surface area contributed by atoms with Crippen molar-refractivity contribution in [1.82, 2.24) is 0 Å². The van der Waals surface area contributed by atoms with Gasteiger partial charge in [-0.1, -0.05) is 185 Å². The Morgan fingerprint density at radius 3 is 0.761 bits per heavy atom. The summed E-state index contributed by atoms with van der Waals surface area (Å²) in [5, 5.41) is 0. The first-order valence-electron chi connectivity index (χ1n) is 15.1. The van der Waals surface area contributed by atoms with Gasteiger partial charge in [0.15, 0.2) is 0 Å². The van der Waals surface area contributed by atoms with Gasteiger partial charge in [0.2, 0.25) is 0 Å². The monoisotopic (exact) mass is 856 g/mol. The first-order chi connectivity index (χ1) is 22.4. The molecular formula is C40H32Br4N2. The van der Waals surface area contributed by atoms with Gasteiger partial charge in [-0.3, -0.25) is 0 Å². The average molecular weight is 860 g/mol. The largest absolute Gasteiger partial charge is 0.363 e. The van der Waals surface area contributed by atoms with E-state index in [4.69, 9.17) is 0 Å². The summed E-state index contributed by atoms with van der Waals surface area (Å²) in [7, 11) is 0. The smallest absolute Gasteiger partial charge is 0.0433 e. The zero-order chi connectivity index (χ0) is 31.9. The summed E-state index contributed by atoms with van der Waals surface area (Å²) < 4.78 is 4.07. The van der Waals surface area contributed by atoms with Crippen molar-refractivity contribution >= 4 is 75.1 Å². The Balaban J connectivity index is 1.35. The lowest BCUT2D eigenvalue weighted by Gasteiger charge is -2.28. The molecule has 0 N–H and O–H groups in total. The van der Waals surface area contributed by atoms with Crippen molar-refractivity contribution in [2.45, 2.75) is 26.2 Å². The molecule has 0 amide bonds. The Morgan fingerprint density at radius 1 is 0.326 bits per heavy atom. The van der Waals surface area contributed by atoms with E-state index in [-0.39, 0.29) is 0 Å². The lowest BCUT2D eigenvalue weighted by molar-refractivity contribution is 0.799. The van der Waals surface area contributed by atoms with Crippen LogP contribution in [0, 0.1) is 0 Å². The van der Waals surface area contributed by atoms with Gasteiger partial charge in [-0.05, 0) is 46.5 Å².